The van der Waals surface area contributed by atoms with E-state index in [2.05, 4.69) is 0 Å². The van der Waals surface area contributed by atoms with Gasteiger partial charge in [-0.1, -0.05) is 48.0 Å². The van der Waals surface area contributed by atoms with Crippen molar-refractivity contribution < 1.29 is 19.7 Å². The normalized spacial score (nSPS) is 11.4. The topological polar surface area (TPSA) is 74.9 Å². The van der Waals surface area contributed by atoms with E-state index in [9.17, 15) is 15.0 Å². The van der Waals surface area contributed by atoms with Crippen LogP contribution in [-0.2, 0) is 11.3 Å². The van der Waals surface area contributed by atoms with Gasteiger partial charge in [0, 0.05) is 42.0 Å². The van der Waals surface area contributed by atoms with E-state index in [-0.39, 0.29) is 19.2 Å². The Labute approximate surface area is 187 Å². The van der Waals surface area contributed by atoms with Crippen molar-refractivity contribution in [3.63, 3.8) is 0 Å². The van der Waals surface area contributed by atoms with Gasteiger partial charge in [-0.25, -0.2) is 4.79 Å². The van der Waals surface area contributed by atoms with Gasteiger partial charge in [0.25, 0.3) is 0 Å². The van der Waals surface area contributed by atoms with Gasteiger partial charge in [-0.05, 0) is 31.0 Å². The number of halogens is 1. The second kappa shape index (κ2) is 11.3. The third kappa shape index (κ3) is 5.46. The van der Waals surface area contributed by atoms with E-state index in [1.165, 1.54) is 0 Å². The Hall–Kier alpha value is -2.38. The number of carbonyl (C=O) groups excluding carboxylic acids is 1. The number of aliphatic hydroxyl groups excluding tert-OH is 2. The average molecular weight is 445 g/mol. The van der Waals surface area contributed by atoms with Crippen LogP contribution in [0, 0.1) is 0 Å². The summed E-state index contributed by atoms with van der Waals surface area (Å²) in [5.74, 6) is -0.362. The maximum atomic E-state index is 13.0. The van der Waals surface area contributed by atoms with Gasteiger partial charge in [0.1, 0.15) is 5.69 Å². The summed E-state index contributed by atoms with van der Waals surface area (Å²) in [5.41, 5.74) is 2.44. The molecule has 1 aromatic heterocycles. The molecule has 0 fully saturated rings. The highest BCUT2D eigenvalue weighted by Crippen LogP contribution is 2.36. The Balaban J connectivity index is 2.08. The summed E-state index contributed by atoms with van der Waals surface area (Å²) in [7, 11) is 0. The van der Waals surface area contributed by atoms with Gasteiger partial charge in [0.15, 0.2) is 0 Å². The largest absolute Gasteiger partial charge is 0.461 e. The molecule has 3 aromatic rings. The molecule has 31 heavy (non-hydrogen) atoms. The van der Waals surface area contributed by atoms with Gasteiger partial charge >= 0.3 is 5.97 Å². The standard InChI is InChI=1S/C24H29ClN2O4/c1-2-31-24(30)23-20-10-9-19(25)17-21(20)22(18-7-4-3-5-8-18)27(23)12-6-11-26(13-15-28)14-16-29/h3-5,7-10,17,28-29H,2,6,11-16H2,1H3. The molecule has 1 heterocycles. The van der Waals surface area contributed by atoms with Crippen molar-refractivity contribution in [2.45, 2.75) is 19.9 Å². The minimum Gasteiger partial charge on any atom is -0.461 e. The molecule has 0 saturated carbocycles. The molecule has 0 aliphatic carbocycles. The molecule has 0 unspecified atom stereocenters. The number of hydrogen-bond donors (Lipinski definition) is 2. The highest BCUT2D eigenvalue weighted by molar-refractivity contribution is 6.31. The fourth-order valence-electron chi connectivity index (χ4n) is 3.94. The molecule has 166 valence electrons. The highest BCUT2D eigenvalue weighted by Gasteiger charge is 2.24. The molecule has 0 atom stereocenters. The molecule has 0 saturated heterocycles. The lowest BCUT2D eigenvalue weighted by Gasteiger charge is -2.21. The molecule has 0 amide bonds. The predicted octanol–water partition coefficient (Wildman–Crippen LogP) is 3.82. The summed E-state index contributed by atoms with van der Waals surface area (Å²) in [5, 5.41) is 20.9. The SMILES string of the molecule is CCOC(=O)c1c2ccc(Cl)cc2c(-c2ccccc2)n1CCCN(CCO)CCO. The number of benzene rings is 2. The number of nitrogens with zero attached hydrogens (tertiary/aromatic N) is 2. The van der Waals surface area contributed by atoms with Gasteiger partial charge in [-0.3, -0.25) is 4.90 Å². The zero-order valence-corrected chi connectivity index (χ0v) is 18.5. The van der Waals surface area contributed by atoms with Crippen LogP contribution in [0.4, 0.5) is 0 Å². The zero-order chi connectivity index (χ0) is 22.2. The Morgan fingerprint density at radius 3 is 2.39 bits per heavy atom. The van der Waals surface area contributed by atoms with Crippen molar-refractivity contribution in [3.05, 3.63) is 59.2 Å². The Kier molecular flexibility index (Phi) is 8.49. The quantitative estimate of drug-likeness (QED) is 0.440. The number of ether oxygens (including phenoxy) is 1. The number of carbonyl (C=O) groups is 1. The smallest absolute Gasteiger partial charge is 0.355 e. The van der Waals surface area contributed by atoms with Crippen molar-refractivity contribution in [2.75, 3.05) is 39.5 Å². The lowest BCUT2D eigenvalue weighted by atomic mass is 10.1. The van der Waals surface area contributed by atoms with Gasteiger partial charge in [0.05, 0.1) is 25.5 Å². The van der Waals surface area contributed by atoms with Crippen molar-refractivity contribution in [2.24, 2.45) is 0 Å². The third-order valence-corrected chi connectivity index (χ3v) is 5.47. The van der Waals surface area contributed by atoms with Crippen LogP contribution in [-0.4, -0.2) is 65.1 Å². The molecule has 0 bridgehead atoms. The van der Waals surface area contributed by atoms with E-state index in [1.807, 2.05) is 51.9 Å². The zero-order valence-electron chi connectivity index (χ0n) is 17.8. The molecule has 7 heteroatoms. The van der Waals surface area contributed by atoms with Crippen molar-refractivity contribution in [1.82, 2.24) is 9.47 Å². The molecule has 0 radical (unpaired) electrons. The van der Waals surface area contributed by atoms with Crippen molar-refractivity contribution in [1.29, 1.82) is 0 Å². The van der Waals surface area contributed by atoms with Crippen molar-refractivity contribution >= 4 is 28.3 Å². The summed E-state index contributed by atoms with van der Waals surface area (Å²) in [6.45, 7) is 4.43. The van der Waals surface area contributed by atoms with E-state index < -0.39 is 0 Å². The van der Waals surface area contributed by atoms with E-state index >= 15 is 0 Å². The van der Waals surface area contributed by atoms with Gasteiger partial charge < -0.3 is 19.5 Å². The van der Waals surface area contributed by atoms with Gasteiger partial charge in [0.2, 0.25) is 0 Å². The first-order valence-corrected chi connectivity index (χ1v) is 11.0. The summed E-state index contributed by atoms with van der Waals surface area (Å²) in [6, 6.07) is 15.5. The van der Waals surface area contributed by atoms with E-state index in [0.717, 1.165) is 28.5 Å². The molecule has 0 aliphatic heterocycles. The predicted molar refractivity (Wildman–Crippen MR) is 124 cm³/mol. The molecular weight excluding hydrogens is 416 g/mol. The molecule has 3 rings (SSSR count). The first-order chi connectivity index (χ1) is 15.1. The fraction of sp³-hybridized carbons (Fsp3) is 0.375. The van der Waals surface area contributed by atoms with Crippen LogP contribution in [0.2, 0.25) is 5.02 Å². The summed E-state index contributed by atoms with van der Waals surface area (Å²) < 4.78 is 7.41. The lowest BCUT2D eigenvalue weighted by molar-refractivity contribution is 0.0516. The van der Waals surface area contributed by atoms with Crippen LogP contribution in [0.5, 0.6) is 0 Å². The highest BCUT2D eigenvalue weighted by atomic mass is 35.5. The molecule has 2 aromatic carbocycles. The van der Waals surface area contributed by atoms with Crippen LogP contribution in [0.25, 0.3) is 22.0 Å². The summed E-state index contributed by atoms with van der Waals surface area (Å²) in [4.78, 5) is 15.0. The molecule has 6 nitrogen and oxygen atoms in total. The number of hydrogen-bond acceptors (Lipinski definition) is 5. The third-order valence-electron chi connectivity index (χ3n) is 5.24. The number of rotatable bonds is 11. The summed E-state index contributed by atoms with van der Waals surface area (Å²) >= 11 is 6.32. The lowest BCUT2D eigenvalue weighted by Crippen LogP contribution is -2.31. The monoisotopic (exact) mass is 444 g/mol. The minimum absolute atomic E-state index is 0.0370. The Morgan fingerprint density at radius 1 is 1.03 bits per heavy atom. The second-order valence-electron chi connectivity index (χ2n) is 7.27. The van der Waals surface area contributed by atoms with Gasteiger partial charge in [-0.2, -0.15) is 0 Å². The molecular formula is C24H29ClN2O4. The molecule has 0 aliphatic rings. The maximum Gasteiger partial charge on any atom is 0.355 e. The van der Waals surface area contributed by atoms with Crippen LogP contribution in [0.15, 0.2) is 48.5 Å². The van der Waals surface area contributed by atoms with Crippen LogP contribution in [0.1, 0.15) is 23.8 Å². The number of fused-ring (bicyclic) bond motifs is 1. The number of aromatic nitrogens is 1. The molecule has 0 spiro atoms. The van der Waals surface area contributed by atoms with Crippen LogP contribution < -0.4 is 0 Å². The van der Waals surface area contributed by atoms with Gasteiger partial charge in [-0.15, -0.1) is 0 Å². The molecule has 2 N–H and O–H groups in total. The number of esters is 1. The summed E-state index contributed by atoms with van der Waals surface area (Å²) in [6.07, 6.45) is 0.737. The van der Waals surface area contributed by atoms with E-state index in [4.69, 9.17) is 16.3 Å². The number of aliphatic hydroxyl groups is 2. The first kappa shape index (κ1) is 23.3. The maximum absolute atomic E-state index is 13.0. The van der Waals surface area contributed by atoms with Crippen molar-refractivity contribution in [3.8, 4) is 11.3 Å². The second-order valence-corrected chi connectivity index (χ2v) is 7.70. The minimum atomic E-state index is -0.362. The van der Waals surface area contributed by atoms with E-state index in [1.54, 1.807) is 13.0 Å². The Bertz CT molecular complexity index is 998. The average Bonchev–Trinajstić information content (AvgIpc) is 3.08. The van der Waals surface area contributed by atoms with Crippen LogP contribution in [0.3, 0.4) is 0 Å². The fourth-order valence-corrected chi connectivity index (χ4v) is 4.11. The first-order valence-electron chi connectivity index (χ1n) is 10.6. The van der Waals surface area contributed by atoms with E-state index in [0.29, 0.717) is 43.5 Å². The van der Waals surface area contributed by atoms with Crippen LogP contribution >= 0.6 is 11.6 Å². The Morgan fingerprint density at radius 2 is 1.74 bits per heavy atom.